The van der Waals surface area contributed by atoms with Gasteiger partial charge in [-0.25, -0.2) is 12.7 Å². The lowest BCUT2D eigenvalue weighted by atomic mass is 9.88. The summed E-state index contributed by atoms with van der Waals surface area (Å²) >= 11 is 0. The molecule has 0 spiro atoms. The van der Waals surface area contributed by atoms with Gasteiger partial charge in [0.05, 0.1) is 16.8 Å². The SMILES string of the molecule is CCNCc1cc(CNCC)cc(-c2cc(C(N)=O)c3[nH]cc(C4CCN(S(=O)(=O)CC)CC4)c3c2)c1. The fourth-order valence-corrected chi connectivity index (χ4v) is 6.38. The third-order valence-corrected chi connectivity index (χ3v) is 9.16. The Labute approximate surface area is 220 Å². The Morgan fingerprint density at radius 2 is 1.57 bits per heavy atom. The number of nitrogens with two attached hydrogens (primary N) is 1. The van der Waals surface area contributed by atoms with Crippen molar-refractivity contribution in [3.8, 4) is 11.1 Å². The molecule has 2 aromatic carbocycles. The van der Waals surface area contributed by atoms with Crippen LogP contribution in [0, 0.1) is 0 Å². The van der Waals surface area contributed by atoms with Crippen molar-refractivity contribution in [3.63, 3.8) is 0 Å². The molecule has 0 aliphatic carbocycles. The maximum Gasteiger partial charge on any atom is 0.250 e. The molecule has 200 valence electrons. The standard InChI is InChI=1S/C28H39N5O3S/c1-4-30-16-19-11-20(17-31-5-2)13-22(12-19)23-14-24-26(18-32-27(24)25(15-23)28(29)34)21-7-9-33(10-8-21)37(35,36)6-3/h11-15,18,21,30-32H,4-10,16-17H2,1-3H3,(H2,29,34). The maximum absolute atomic E-state index is 12.5. The second-order valence-corrected chi connectivity index (χ2v) is 12.0. The molecular weight excluding hydrogens is 486 g/mol. The predicted octanol–water partition coefficient (Wildman–Crippen LogP) is 3.68. The van der Waals surface area contributed by atoms with Gasteiger partial charge in [0.1, 0.15) is 0 Å². The van der Waals surface area contributed by atoms with E-state index in [2.05, 4.69) is 53.7 Å². The summed E-state index contributed by atoms with van der Waals surface area (Å²) in [6, 6.07) is 10.6. The number of primary amides is 1. The van der Waals surface area contributed by atoms with Gasteiger partial charge in [0.15, 0.2) is 0 Å². The lowest BCUT2D eigenvalue weighted by Crippen LogP contribution is -2.38. The van der Waals surface area contributed by atoms with Gasteiger partial charge in [0.2, 0.25) is 10.0 Å². The molecule has 1 aliphatic heterocycles. The number of amides is 1. The molecule has 0 radical (unpaired) electrons. The summed E-state index contributed by atoms with van der Waals surface area (Å²) in [6.07, 6.45) is 3.45. The molecule has 0 unspecified atom stereocenters. The Morgan fingerprint density at radius 1 is 0.973 bits per heavy atom. The zero-order valence-corrected chi connectivity index (χ0v) is 22.9. The van der Waals surface area contributed by atoms with Crippen molar-refractivity contribution in [3.05, 3.63) is 58.8 Å². The van der Waals surface area contributed by atoms with E-state index in [9.17, 15) is 13.2 Å². The quantitative estimate of drug-likeness (QED) is 0.304. The van der Waals surface area contributed by atoms with Gasteiger partial charge in [-0.1, -0.05) is 19.9 Å². The number of nitrogens with one attached hydrogen (secondary N) is 3. The minimum absolute atomic E-state index is 0.124. The number of piperidine rings is 1. The highest BCUT2D eigenvalue weighted by atomic mass is 32.2. The van der Waals surface area contributed by atoms with Crippen molar-refractivity contribution in [2.75, 3.05) is 31.9 Å². The van der Waals surface area contributed by atoms with Crippen LogP contribution in [-0.4, -0.2) is 55.5 Å². The summed E-state index contributed by atoms with van der Waals surface area (Å²) in [6.45, 7) is 10.2. The zero-order chi connectivity index (χ0) is 26.6. The van der Waals surface area contributed by atoms with Gasteiger partial charge in [-0.2, -0.15) is 0 Å². The van der Waals surface area contributed by atoms with Gasteiger partial charge in [0, 0.05) is 37.8 Å². The molecule has 1 amide bonds. The van der Waals surface area contributed by atoms with E-state index in [1.54, 1.807) is 11.2 Å². The fraction of sp³-hybridized carbons (Fsp3) is 0.464. The summed E-state index contributed by atoms with van der Waals surface area (Å²) in [4.78, 5) is 15.8. The van der Waals surface area contributed by atoms with Crippen LogP contribution < -0.4 is 16.4 Å². The maximum atomic E-state index is 12.5. The first-order valence-corrected chi connectivity index (χ1v) is 14.9. The highest BCUT2D eigenvalue weighted by molar-refractivity contribution is 7.89. The molecule has 3 aromatic rings. The van der Waals surface area contributed by atoms with Crippen LogP contribution in [-0.2, 0) is 23.1 Å². The summed E-state index contributed by atoms with van der Waals surface area (Å²) in [7, 11) is -3.18. The van der Waals surface area contributed by atoms with Crippen LogP contribution >= 0.6 is 0 Å². The number of H-pyrrole nitrogens is 1. The number of benzene rings is 2. The molecule has 0 atom stereocenters. The number of aromatic amines is 1. The first-order valence-electron chi connectivity index (χ1n) is 13.2. The topological polar surface area (TPSA) is 120 Å². The van der Waals surface area contributed by atoms with Crippen LogP contribution in [0.15, 0.2) is 36.5 Å². The number of hydrogen-bond donors (Lipinski definition) is 4. The zero-order valence-electron chi connectivity index (χ0n) is 22.1. The first-order chi connectivity index (χ1) is 17.8. The van der Waals surface area contributed by atoms with Crippen LogP contribution in [0.1, 0.15) is 66.6 Å². The van der Waals surface area contributed by atoms with Gasteiger partial charge in [-0.05, 0) is 90.9 Å². The number of aromatic nitrogens is 1. The van der Waals surface area contributed by atoms with Crippen molar-refractivity contribution in [2.45, 2.75) is 52.6 Å². The fourth-order valence-electron chi connectivity index (χ4n) is 5.25. The Hall–Kier alpha value is -2.72. The largest absolute Gasteiger partial charge is 0.366 e. The number of nitrogens with zero attached hydrogens (tertiary/aromatic N) is 1. The number of rotatable bonds is 11. The summed E-state index contributed by atoms with van der Waals surface area (Å²) in [5.41, 5.74) is 12.5. The Morgan fingerprint density at radius 3 is 2.11 bits per heavy atom. The summed E-state index contributed by atoms with van der Waals surface area (Å²) in [5, 5.41) is 7.79. The highest BCUT2D eigenvalue weighted by Crippen LogP contribution is 2.37. The van der Waals surface area contributed by atoms with Crippen LogP contribution in [0.4, 0.5) is 0 Å². The second-order valence-electron chi connectivity index (χ2n) is 9.73. The van der Waals surface area contributed by atoms with E-state index in [1.807, 2.05) is 12.3 Å². The lowest BCUT2D eigenvalue weighted by Gasteiger charge is -2.31. The second kappa shape index (κ2) is 11.8. The summed E-state index contributed by atoms with van der Waals surface area (Å²) < 4.78 is 26.3. The molecule has 1 saturated heterocycles. The van der Waals surface area contributed by atoms with Gasteiger partial charge in [0.25, 0.3) is 5.91 Å². The van der Waals surface area contributed by atoms with Gasteiger partial charge in [-0.3, -0.25) is 4.79 Å². The minimum atomic E-state index is -3.18. The summed E-state index contributed by atoms with van der Waals surface area (Å²) in [5.74, 6) is -0.142. The average Bonchev–Trinajstić information content (AvgIpc) is 3.34. The van der Waals surface area contributed by atoms with E-state index in [4.69, 9.17) is 5.73 Å². The van der Waals surface area contributed by atoms with E-state index in [-0.39, 0.29) is 11.7 Å². The Kier molecular flexibility index (Phi) is 8.69. The van der Waals surface area contributed by atoms with Crippen LogP contribution in [0.3, 0.4) is 0 Å². The molecule has 4 rings (SSSR count). The van der Waals surface area contributed by atoms with E-state index in [1.165, 1.54) is 11.1 Å². The van der Waals surface area contributed by atoms with Crippen LogP contribution in [0.5, 0.6) is 0 Å². The smallest absolute Gasteiger partial charge is 0.250 e. The first kappa shape index (κ1) is 27.3. The minimum Gasteiger partial charge on any atom is -0.366 e. The van der Waals surface area contributed by atoms with Crippen molar-refractivity contribution in [2.24, 2.45) is 5.73 Å². The molecule has 9 heteroatoms. The van der Waals surface area contributed by atoms with Gasteiger partial charge >= 0.3 is 0 Å². The predicted molar refractivity (Wildman–Crippen MR) is 150 cm³/mol. The van der Waals surface area contributed by atoms with Crippen molar-refractivity contribution in [1.82, 2.24) is 19.9 Å². The molecule has 1 fully saturated rings. The average molecular weight is 526 g/mol. The Balaban J connectivity index is 1.75. The molecule has 1 aliphatic rings. The number of hydrogen-bond acceptors (Lipinski definition) is 5. The molecule has 8 nitrogen and oxygen atoms in total. The van der Waals surface area contributed by atoms with E-state index < -0.39 is 15.9 Å². The molecule has 0 bridgehead atoms. The number of carbonyl (C=O) groups is 1. The number of sulfonamides is 1. The van der Waals surface area contributed by atoms with Crippen molar-refractivity contribution < 1.29 is 13.2 Å². The molecule has 0 saturated carbocycles. The van der Waals surface area contributed by atoms with E-state index in [0.29, 0.717) is 18.7 Å². The van der Waals surface area contributed by atoms with E-state index >= 15 is 0 Å². The Bertz CT molecular complexity index is 1330. The van der Waals surface area contributed by atoms with Crippen LogP contribution in [0.25, 0.3) is 22.0 Å². The van der Waals surface area contributed by atoms with Crippen LogP contribution in [0.2, 0.25) is 0 Å². The van der Waals surface area contributed by atoms with Crippen molar-refractivity contribution >= 4 is 26.8 Å². The highest BCUT2D eigenvalue weighted by Gasteiger charge is 2.29. The van der Waals surface area contributed by atoms with Gasteiger partial charge < -0.3 is 21.4 Å². The molecule has 1 aromatic heterocycles. The molecule has 37 heavy (non-hydrogen) atoms. The normalized spacial score (nSPS) is 15.4. The van der Waals surface area contributed by atoms with E-state index in [0.717, 1.165) is 66.6 Å². The third-order valence-electron chi connectivity index (χ3n) is 7.28. The molecular formula is C28H39N5O3S. The monoisotopic (exact) mass is 525 g/mol. The number of fused-ring (bicyclic) bond motifs is 1. The number of carbonyl (C=O) groups excluding carboxylic acids is 1. The molecule has 5 N–H and O–H groups in total. The third kappa shape index (κ3) is 6.06. The van der Waals surface area contributed by atoms with Crippen molar-refractivity contribution in [1.29, 1.82) is 0 Å². The van der Waals surface area contributed by atoms with Gasteiger partial charge in [-0.15, -0.1) is 0 Å². The molecule has 2 heterocycles. The lowest BCUT2D eigenvalue weighted by molar-refractivity contribution is 0.100.